The van der Waals surface area contributed by atoms with Crippen LogP contribution >= 0.6 is 0 Å². The number of rotatable bonds is 8. The fourth-order valence-electron chi connectivity index (χ4n) is 2.76. The molecule has 0 saturated carbocycles. The van der Waals surface area contributed by atoms with Gasteiger partial charge in [-0.3, -0.25) is 4.79 Å². The van der Waals surface area contributed by atoms with Crippen LogP contribution in [0.4, 0.5) is 0 Å². The highest BCUT2D eigenvalue weighted by Crippen LogP contribution is 2.24. The van der Waals surface area contributed by atoms with Gasteiger partial charge in [-0.2, -0.15) is 0 Å². The van der Waals surface area contributed by atoms with E-state index in [1.165, 1.54) is 5.56 Å². The zero-order valence-electron chi connectivity index (χ0n) is 17.0. The smallest absolute Gasteiger partial charge is 0.220 e. The summed E-state index contributed by atoms with van der Waals surface area (Å²) in [4.78, 5) is 12.2. The molecule has 2 aromatic carbocycles. The molecule has 0 bridgehead atoms. The molecule has 27 heavy (non-hydrogen) atoms. The van der Waals surface area contributed by atoms with Gasteiger partial charge < -0.3 is 14.8 Å². The van der Waals surface area contributed by atoms with Crippen LogP contribution in [0.25, 0.3) is 0 Å². The SMILES string of the molecule is COc1ccc(OCCCC(=O)NC(C)c2ccc(C(C)(C)C)cc2)cc1. The third kappa shape index (κ3) is 6.63. The van der Waals surface area contributed by atoms with Crippen LogP contribution in [0.2, 0.25) is 0 Å². The number of nitrogens with one attached hydrogen (secondary N) is 1. The number of carbonyl (C=O) groups is 1. The molecule has 0 radical (unpaired) electrons. The van der Waals surface area contributed by atoms with Crippen molar-refractivity contribution in [3.63, 3.8) is 0 Å². The second-order valence-corrected chi connectivity index (χ2v) is 7.79. The number of methoxy groups -OCH3 is 1. The Morgan fingerprint density at radius 3 is 2.15 bits per heavy atom. The Morgan fingerprint density at radius 2 is 1.59 bits per heavy atom. The maximum absolute atomic E-state index is 12.2. The summed E-state index contributed by atoms with van der Waals surface area (Å²) in [5.74, 6) is 1.62. The summed E-state index contributed by atoms with van der Waals surface area (Å²) >= 11 is 0. The van der Waals surface area contributed by atoms with E-state index in [0.29, 0.717) is 19.4 Å². The molecule has 0 aliphatic heterocycles. The molecule has 0 saturated heterocycles. The minimum Gasteiger partial charge on any atom is -0.497 e. The molecule has 4 heteroatoms. The van der Waals surface area contributed by atoms with E-state index in [1.807, 2.05) is 31.2 Å². The van der Waals surface area contributed by atoms with Gasteiger partial charge in [0.15, 0.2) is 0 Å². The molecule has 2 rings (SSSR count). The predicted molar refractivity (Wildman–Crippen MR) is 109 cm³/mol. The number of hydrogen-bond acceptors (Lipinski definition) is 3. The van der Waals surface area contributed by atoms with Gasteiger partial charge in [-0.1, -0.05) is 45.0 Å². The van der Waals surface area contributed by atoms with E-state index in [4.69, 9.17) is 9.47 Å². The molecule has 0 aliphatic rings. The van der Waals surface area contributed by atoms with Crippen LogP contribution in [0.5, 0.6) is 11.5 Å². The maximum atomic E-state index is 12.2. The van der Waals surface area contributed by atoms with Gasteiger partial charge in [0.05, 0.1) is 19.8 Å². The van der Waals surface area contributed by atoms with Crippen LogP contribution in [0.15, 0.2) is 48.5 Å². The Balaban J connectivity index is 1.73. The van der Waals surface area contributed by atoms with E-state index in [9.17, 15) is 4.79 Å². The molecule has 0 aliphatic carbocycles. The van der Waals surface area contributed by atoms with E-state index in [0.717, 1.165) is 17.1 Å². The Hall–Kier alpha value is -2.49. The first-order chi connectivity index (χ1) is 12.8. The number of benzene rings is 2. The van der Waals surface area contributed by atoms with Crippen molar-refractivity contribution < 1.29 is 14.3 Å². The van der Waals surface area contributed by atoms with Crippen molar-refractivity contribution in [2.75, 3.05) is 13.7 Å². The molecule has 0 fully saturated rings. The Bertz CT molecular complexity index is 715. The largest absolute Gasteiger partial charge is 0.497 e. The highest BCUT2D eigenvalue weighted by Gasteiger charge is 2.14. The third-order valence-corrected chi connectivity index (χ3v) is 4.53. The zero-order chi connectivity index (χ0) is 19.9. The van der Waals surface area contributed by atoms with E-state index in [-0.39, 0.29) is 17.4 Å². The zero-order valence-corrected chi connectivity index (χ0v) is 17.0. The second-order valence-electron chi connectivity index (χ2n) is 7.79. The lowest BCUT2D eigenvalue weighted by Crippen LogP contribution is -2.26. The van der Waals surface area contributed by atoms with Crippen molar-refractivity contribution in [3.05, 3.63) is 59.7 Å². The predicted octanol–water partition coefficient (Wildman–Crippen LogP) is 5.03. The summed E-state index contributed by atoms with van der Waals surface area (Å²) in [5, 5.41) is 3.06. The van der Waals surface area contributed by atoms with Crippen LogP contribution in [0, 0.1) is 0 Å². The summed E-state index contributed by atoms with van der Waals surface area (Å²) in [5.41, 5.74) is 2.54. The average molecular weight is 370 g/mol. The quantitative estimate of drug-likeness (QED) is 0.664. The highest BCUT2D eigenvalue weighted by molar-refractivity contribution is 5.76. The van der Waals surface area contributed by atoms with Gasteiger partial charge in [-0.15, -0.1) is 0 Å². The molecule has 146 valence electrons. The Labute approximate surface area is 162 Å². The standard InChI is InChI=1S/C23H31NO3/c1-17(18-8-10-19(11-9-18)23(2,3)4)24-22(25)7-6-16-27-21-14-12-20(26-5)13-15-21/h8-15,17H,6-7,16H2,1-5H3,(H,24,25). The minimum atomic E-state index is -0.00553. The van der Waals surface area contributed by atoms with Crippen molar-refractivity contribution in [2.24, 2.45) is 0 Å². The first kappa shape index (κ1) is 20.8. The minimum absolute atomic E-state index is 0.00553. The molecule has 0 aromatic heterocycles. The normalized spacial score (nSPS) is 12.3. The van der Waals surface area contributed by atoms with Crippen molar-refractivity contribution >= 4 is 5.91 Å². The van der Waals surface area contributed by atoms with Gasteiger partial charge in [-0.05, 0) is 54.2 Å². The van der Waals surface area contributed by atoms with Gasteiger partial charge in [0.1, 0.15) is 11.5 Å². The van der Waals surface area contributed by atoms with Gasteiger partial charge in [0.2, 0.25) is 5.91 Å². The molecule has 1 amide bonds. The lowest BCUT2D eigenvalue weighted by atomic mass is 9.86. The fraction of sp³-hybridized carbons (Fsp3) is 0.435. The van der Waals surface area contributed by atoms with Crippen LogP contribution in [0.1, 0.15) is 57.7 Å². The second kappa shape index (κ2) is 9.45. The van der Waals surface area contributed by atoms with Crippen molar-refractivity contribution in [1.29, 1.82) is 0 Å². The first-order valence-electron chi connectivity index (χ1n) is 9.46. The molecule has 1 N–H and O–H groups in total. The van der Waals surface area contributed by atoms with Crippen molar-refractivity contribution in [1.82, 2.24) is 5.32 Å². The number of amides is 1. The topological polar surface area (TPSA) is 47.6 Å². The average Bonchev–Trinajstić information content (AvgIpc) is 2.65. The lowest BCUT2D eigenvalue weighted by molar-refractivity contribution is -0.121. The van der Waals surface area contributed by atoms with E-state index >= 15 is 0 Å². The summed E-state index contributed by atoms with van der Waals surface area (Å²) in [6, 6.07) is 15.9. The van der Waals surface area contributed by atoms with Crippen LogP contribution in [-0.4, -0.2) is 19.6 Å². The third-order valence-electron chi connectivity index (χ3n) is 4.53. The van der Waals surface area contributed by atoms with Crippen LogP contribution in [-0.2, 0) is 10.2 Å². The monoisotopic (exact) mass is 369 g/mol. The molecule has 4 nitrogen and oxygen atoms in total. The molecule has 0 heterocycles. The van der Waals surface area contributed by atoms with Gasteiger partial charge >= 0.3 is 0 Å². The van der Waals surface area contributed by atoms with Crippen molar-refractivity contribution in [3.8, 4) is 11.5 Å². The number of carbonyl (C=O) groups excluding carboxylic acids is 1. The molecule has 1 unspecified atom stereocenters. The molecule has 0 spiro atoms. The van der Waals surface area contributed by atoms with E-state index in [2.05, 4.69) is 50.4 Å². The lowest BCUT2D eigenvalue weighted by Gasteiger charge is -2.20. The molecular formula is C23H31NO3. The number of ether oxygens (including phenoxy) is 2. The Kier molecular flexibility index (Phi) is 7.28. The van der Waals surface area contributed by atoms with Crippen molar-refractivity contribution in [2.45, 2.75) is 52.0 Å². The van der Waals surface area contributed by atoms with Crippen LogP contribution in [0.3, 0.4) is 0 Å². The molecular weight excluding hydrogens is 338 g/mol. The summed E-state index contributed by atoms with van der Waals surface area (Å²) in [7, 11) is 1.63. The van der Waals surface area contributed by atoms with E-state index in [1.54, 1.807) is 7.11 Å². The fourth-order valence-corrected chi connectivity index (χ4v) is 2.76. The summed E-state index contributed by atoms with van der Waals surface area (Å²) < 4.78 is 10.8. The summed E-state index contributed by atoms with van der Waals surface area (Å²) in [6.45, 7) is 9.11. The van der Waals surface area contributed by atoms with Gasteiger partial charge in [0.25, 0.3) is 0 Å². The Morgan fingerprint density at radius 1 is 1.00 bits per heavy atom. The maximum Gasteiger partial charge on any atom is 0.220 e. The molecule has 2 aromatic rings. The van der Waals surface area contributed by atoms with Crippen LogP contribution < -0.4 is 14.8 Å². The van der Waals surface area contributed by atoms with E-state index < -0.39 is 0 Å². The highest BCUT2D eigenvalue weighted by atomic mass is 16.5. The first-order valence-corrected chi connectivity index (χ1v) is 9.46. The summed E-state index contributed by atoms with van der Waals surface area (Å²) in [6.07, 6.45) is 1.12. The van der Waals surface area contributed by atoms with Gasteiger partial charge in [0, 0.05) is 6.42 Å². The van der Waals surface area contributed by atoms with Gasteiger partial charge in [-0.25, -0.2) is 0 Å². The molecule has 1 atom stereocenters. The number of hydrogen-bond donors (Lipinski definition) is 1.